The van der Waals surface area contributed by atoms with Crippen molar-refractivity contribution in [1.29, 1.82) is 0 Å². The lowest BCUT2D eigenvalue weighted by atomic mass is 9.93. The SMILES string of the molecule is CCc1cccc(CC)c1C(=O)CCPC(=O)c1c(OC)cccc1OC. The van der Waals surface area contributed by atoms with Gasteiger partial charge in [0.2, 0.25) is 0 Å². The Balaban J connectivity index is 2.10. The summed E-state index contributed by atoms with van der Waals surface area (Å²) in [6.07, 6.45) is 2.55. The molecule has 0 aliphatic carbocycles. The topological polar surface area (TPSA) is 52.6 Å². The predicted octanol–water partition coefficient (Wildman–Crippen LogP) is 4.92. The molecule has 0 heterocycles. The zero-order chi connectivity index (χ0) is 19.8. The van der Waals surface area contributed by atoms with Crippen molar-refractivity contribution < 1.29 is 19.1 Å². The van der Waals surface area contributed by atoms with Gasteiger partial charge in [-0.15, -0.1) is 0 Å². The average molecular weight is 386 g/mol. The first-order valence-corrected chi connectivity index (χ1v) is 10.4. The van der Waals surface area contributed by atoms with Crippen LogP contribution >= 0.6 is 8.58 Å². The fourth-order valence-electron chi connectivity index (χ4n) is 3.18. The molecule has 1 atom stereocenters. The van der Waals surface area contributed by atoms with Gasteiger partial charge < -0.3 is 9.47 Å². The van der Waals surface area contributed by atoms with E-state index in [0.717, 1.165) is 29.5 Å². The molecule has 0 aliphatic heterocycles. The Morgan fingerprint density at radius 3 is 1.85 bits per heavy atom. The summed E-state index contributed by atoms with van der Waals surface area (Å²) in [5, 5.41) is 0. The van der Waals surface area contributed by atoms with Crippen molar-refractivity contribution in [3.05, 3.63) is 58.7 Å². The number of aryl methyl sites for hydroxylation is 2. The first-order valence-electron chi connectivity index (χ1n) is 9.20. The van der Waals surface area contributed by atoms with Crippen LogP contribution in [-0.2, 0) is 12.8 Å². The number of hydrogen-bond donors (Lipinski definition) is 0. The zero-order valence-electron chi connectivity index (χ0n) is 16.4. The summed E-state index contributed by atoms with van der Waals surface area (Å²) in [5.41, 5.74) is 3.42. The fourth-order valence-corrected chi connectivity index (χ4v) is 4.18. The first-order chi connectivity index (χ1) is 13.1. The molecule has 27 heavy (non-hydrogen) atoms. The second kappa shape index (κ2) is 10.2. The van der Waals surface area contributed by atoms with Crippen molar-refractivity contribution >= 4 is 19.9 Å². The molecule has 2 aromatic rings. The Labute approximate surface area is 163 Å². The third-order valence-corrected chi connectivity index (χ3v) is 5.64. The minimum atomic E-state index is -0.0448. The van der Waals surface area contributed by atoms with Crippen LogP contribution in [0.1, 0.15) is 52.1 Å². The quantitative estimate of drug-likeness (QED) is 0.430. The van der Waals surface area contributed by atoms with Gasteiger partial charge in [0, 0.05) is 12.0 Å². The van der Waals surface area contributed by atoms with Crippen molar-refractivity contribution in [2.45, 2.75) is 33.1 Å². The summed E-state index contributed by atoms with van der Waals surface area (Å²) >= 11 is 0. The summed E-state index contributed by atoms with van der Waals surface area (Å²) in [4.78, 5) is 25.5. The Morgan fingerprint density at radius 1 is 0.852 bits per heavy atom. The summed E-state index contributed by atoms with van der Waals surface area (Å²) in [6.45, 7) is 4.12. The highest BCUT2D eigenvalue weighted by Gasteiger charge is 2.19. The van der Waals surface area contributed by atoms with Crippen molar-refractivity contribution in [3.63, 3.8) is 0 Å². The summed E-state index contributed by atoms with van der Waals surface area (Å²) in [7, 11) is 3.06. The molecular weight excluding hydrogens is 359 g/mol. The van der Waals surface area contributed by atoms with Crippen LogP contribution in [0.3, 0.4) is 0 Å². The summed E-state index contributed by atoms with van der Waals surface area (Å²) in [6, 6.07) is 11.3. The van der Waals surface area contributed by atoms with Crippen LogP contribution in [0.4, 0.5) is 0 Å². The molecule has 0 N–H and O–H groups in total. The van der Waals surface area contributed by atoms with Crippen LogP contribution in [0.15, 0.2) is 36.4 Å². The maximum Gasteiger partial charge on any atom is 0.188 e. The van der Waals surface area contributed by atoms with Crippen LogP contribution in [0.5, 0.6) is 11.5 Å². The number of Topliss-reactive ketones (excluding diaryl/α,β-unsaturated/α-hetero) is 1. The largest absolute Gasteiger partial charge is 0.496 e. The molecule has 2 aromatic carbocycles. The van der Waals surface area contributed by atoms with Crippen LogP contribution in [-0.4, -0.2) is 31.7 Å². The van der Waals surface area contributed by atoms with Gasteiger partial charge in [-0.1, -0.05) is 38.1 Å². The van der Waals surface area contributed by atoms with E-state index >= 15 is 0 Å². The number of carbonyl (C=O) groups is 2. The molecule has 0 aliphatic rings. The zero-order valence-corrected chi connectivity index (χ0v) is 17.4. The van der Waals surface area contributed by atoms with Gasteiger partial charge in [-0.05, 0) is 50.8 Å². The molecule has 0 radical (unpaired) electrons. The number of benzene rings is 2. The van der Waals surface area contributed by atoms with E-state index in [0.29, 0.717) is 29.6 Å². The summed E-state index contributed by atoms with van der Waals surface area (Å²) in [5.74, 6) is 1.13. The van der Waals surface area contributed by atoms with E-state index in [4.69, 9.17) is 9.47 Å². The highest BCUT2D eigenvalue weighted by molar-refractivity contribution is 7.58. The smallest absolute Gasteiger partial charge is 0.188 e. The highest BCUT2D eigenvalue weighted by Crippen LogP contribution is 2.34. The second-order valence-electron chi connectivity index (χ2n) is 6.12. The number of ether oxygens (including phenoxy) is 2. The molecule has 0 spiro atoms. The standard InChI is InChI=1S/C22H27O4P/c1-5-15-9-7-10-16(6-2)20(15)17(23)13-14-27-22(24)21-18(25-3)11-8-12-19(21)26-4/h7-12,27H,5-6,13-14H2,1-4H3. The van der Waals surface area contributed by atoms with E-state index in [2.05, 4.69) is 13.8 Å². The lowest BCUT2D eigenvalue weighted by Crippen LogP contribution is -2.09. The van der Waals surface area contributed by atoms with Crippen LogP contribution in [0.25, 0.3) is 0 Å². The third kappa shape index (κ3) is 4.95. The van der Waals surface area contributed by atoms with Crippen molar-refractivity contribution in [1.82, 2.24) is 0 Å². The highest BCUT2D eigenvalue weighted by atomic mass is 31.1. The van der Waals surface area contributed by atoms with Crippen molar-refractivity contribution in [3.8, 4) is 11.5 Å². The van der Waals surface area contributed by atoms with Gasteiger partial charge in [-0.3, -0.25) is 9.59 Å². The summed E-state index contributed by atoms with van der Waals surface area (Å²) < 4.78 is 10.6. The van der Waals surface area contributed by atoms with Crippen LogP contribution in [0.2, 0.25) is 0 Å². The molecule has 0 fully saturated rings. The molecule has 0 aromatic heterocycles. The maximum absolute atomic E-state index is 12.8. The molecule has 4 nitrogen and oxygen atoms in total. The Hall–Kier alpha value is -2.19. The molecule has 0 saturated carbocycles. The van der Waals surface area contributed by atoms with Crippen molar-refractivity contribution in [2.24, 2.45) is 0 Å². The number of methoxy groups -OCH3 is 2. The normalized spacial score (nSPS) is 11.0. The number of rotatable bonds is 10. The minimum absolute atomic E-state index is 0.00490. The van der Waals surface area contributed by atoms with Gasteiger partial charge in [-0.2, -0.15) is 0 Å². The third-order valence-electron chi connectivity index (χ3n) is 4.57. The van der Waals surface area contributed by atoms with Gasteiger partial charge >= 0.3 is 0 Å². The van der Waals surface area contributed by atoms with E-state index in [1.807, 2.05) is 18.2 Å². The predicted molar refractivity (Wildman–Crippen MR) is 111 cm³/mol. The van der Waals surface area contributed by atoms with Crippen LogP contribution < -0.4 is 9.47 Å². The molecule has 0 bridgehead atoms. The van der Waals surface area contributed by atoms with E-state index in [9.17, 15) is 9.59 Å². The lowest BCUT2D eigenvalue weighted by Gasteiger charge is -2.13. The van der Waals surface area contributed by atoms with E-state index < -0.39 is 0 Å². The lowest BCUT2D eigenvalue weighted by molar-refractivity contribution is 0.0987. The van der Waals surface area contributed by atoms with Crippen LogP contribution in [0, 0.1) is 0 Å². The Bertz CT molecular complexity index is 702. The van der Waals surface area contributed by atoms with Gasteiger partial charge in [0.25, 0.3) is 0 Å². The molecule has 0 saturated heterocycles. The second-order valence-corrected chi connectivity index (χ2v) is 7.43. The van der Waals surface area contributed by atoms with E-state index in [1.54, 1.807) is 18.2 Å². The van der Waals surface area contributed by atoms with E-state index in [1.165, 1.54) is 14.2 Å². The Morgan fingerprint density at radius 2 is 1.37 bits per heavy atom. The molecule has 5 heteroatoms. The number of carbonyl (C=O) groups excluding carboxylic acids is 2. The molecular formula is C22H27O4P. The number of hydrogen-bond acceptors (Lipinski definition) is 4. The minimum Gasteiger partial charge on any atom is -0.496 e. The van der Waals surface area contributed by atoms with E-state index in [-0.39, 0.29) is 19.9 Å². The molecule has 1 unspecified atom stereocenters. The van der Waals surface area contributed by atoms with Crippen molar-refractivity contribution in [2.75, 3.05) is 20.4 Å². The molecule has 144 valence electrons. The average Bonchev–Trinajstić information content (AvgIpc) is 2.71. The first kappa shape index (κ1) is 21.1. The fraction of sp³-hybridized carbons (Fsp3) is 0.364. The van der Waals surface area contributed by atoms with Gasteiger partial charge in [0.15, 0.2) is 11.3 Å². The monoisotopic (exact) mass is 386 g/mol. The Kier molecular flexibility index (Phi) is 7.99. The van der Waals surface area contributed by atoms with Gasteiger partial charge in [0.05, 0.1) is 14.2 Å². The number of ketones is 1. The van der Waals surface area contributed by atoms with Gasteiger partial charge in [-0.25, -0.2) is 0 Å². The molecule has 0 amide bonds. The maximum atomic E-state index is 12.8. The molecule has 2 rings (SSSR count). The van der Waals surface area contributed by atoms with Gasteiger partial charge in [0.1, 0.15) is 17.1 Å².